The molecule has 0 radical (unpaired) electrons. The second-order valence-corrected chi connectivity index (χ2v) is 4.95. The van der Waals surface area contributed by atoms with Gasteiger partial charge in [-0.25, -0.2) is 4.98 Å². The van der Waals surface area contributed by atoms with E-state index in [-0.39, 0.29) is 6.44 Å². The Bertz CT molecular complexity index is 735. The first-order valence-corrected chi connectivity index (χ1v) is 6.86. The van der Waals surface area contributed by atoms with Gasteiger partial charge in [-0.3, -0.25) is 4.79 Å². The van der Waals surface area contributed by atoms with E-state index in [9.17, 15) is 4.79 Å². The Morgan fingerprint density at radius 2 is 2.14 bits per heavy atom. The third kappa shape index (κ3) is 3.08. The predicted molar refractivity (Wildman–Crippen MR) is 81.0 cm³/mol. The van der Waals surface area contributed by atoms with Crippen LogP contribution >= 0.6 is 0 Å². The lowest BCUT2D eigenvalue weighted by molar-refractivity contribution is -0.130. The number of oxime groups is 1. The number of aromatic nitrogens is 1. The van der Waals surface area contributed by atoms with Gasteiger partial charge in [0.2, 0.25) is 6.10 Å². The molecule has 1 aliphatic rings. The maximum atomic E-state index is 11.8. The summed E-state index contributed by atoms with van der Waals surface area (Å²) < 4.78 is 0. The van der Waals surface area contributed by atoms with Crippen molar-refractivity contribution in [3.05, 3.63) is 42.1 Å². The molecular formula is C14H14BN3O4. The Labute approximate surface area is 126 Å². The molecule has 1 aromatic heterocycles. The number of hydrogen-bond donors (Lipinski definition) is 3. The number of pyridine rings is 1. The van der Waals surface area contributed by atoms with Gasteiger partial charge in [0.15, 0.2) is 0 Å². The van der Waals surface area contributed by atoms with Gasteiger partial charge in [0.25, 0.3) is 5.91 Å². The van der Waals surface area contributed by atoms with Gasteiger partial charge in [0.1, 0.15) is 5.71 Å². The maximum Gasteiger partial charge on any atom is 0.472 e. The van der Waals surface area contributed by atoms with Gasteiger partial charge in [-0.05, 0) is 12.1 Å². The predicted octanol–water partition coefficient (Wildman–Crippen LogP) is -0.144. The molecule has 7 nitrogen and oxygen atoms in total. The second-order valence-electron chi connectivity index (χ2n) is 4.95. The largest absolute Gasteiger partial charge is 0.472 e. The number of nitrogens with one attached hydrogen (secondary N) is 1. The number of nitrogens with zero attached hydrogens (tertiary/aromatic N) is 2. The van der Waals surface area contributed by atoms with Gasteiger partial charge in [0, 0.05) is 11.8 Å². The van der Waals surface area contributed by atoms with E-state index in [4.69, 9.17) is 14.9 Å². The number of fused-ring (bicyclic) bond motifs is 1. The highest BCUT2D eigenvalue weighted by molar-refractivity contribution is 6.41. The SMILES string of the molecule is O=C(NCB(O)O)C1CC(c2ccc3ccccc3n2)=NO1. The van der Waals surface area contributed by atoms with Gasteiger partial charge in [0.05, 0.1) is 17.7 Å². The van der Waals surface area contributed by atoms with Crippen molar-refractivity contribution in [2.24, 2.45) is 5.16 Å². The fourth-order valence-corrected chi connectivity index (χ4v) is 2.20. The number of hydrogen-bond acceptors (Lipinski definition) is 6. The van der Waals surface area contributed by atoms with E-state index in [0.717, 1.165) is 10.9 Å². The zero-order chi connectivity index (χ0) is 15.5. The monoisotopic (exact) mass is 299 g/mol. The zero-order valence-corrected chi connectivity index (χ0v) is 11.6. The Balaban J connectivity index is 1.69. The van der Waals surface area contributed by atoms with Crippen molar-refractivity contribution in [3.8, 4) is 0 Å². The molecule has 0 saturated heterocycles. The number of rotatable bonds is 4. The molecule has 0 saturated carbocycles. The molecule has 2 heterocycles. The number of carbonyl (C=O) groups excluding carboxylic acids is 1. The van der Waals surface area contributed by atoms with Crippen LogP contribution in [-0.2, 0) is 9.63 Å². The molecule has 1 atom stereocenters. The Kier molecular flexibility index (Phi) is 4.03. The molecule has 3 N–H and O–H groups in total. The van der Waals surface area contributed by atoms with Crippen LogP contribution in [0.3, 0.4) is 0 Å². The molecule has 2 aromatic rings. The molecule has 3 rings (SSSR count). The fraction of sp³-hybridized carbons (Fsp3) is 0.214. The molecule has 0 bridgehead atoms. The first-order chi connectivity index (χ1) is 10.6. The summed E-state index contributed by atoms with van der Waals surface area (Å²) in [7, 11) is -1.59. The molecule has 1 amide bonds. The Morgan fingerprint density at radius 1 is 1.32 bits per heavy atom. The molecule has 1 unspecified atom stereocenters. The minimum Gasteiger partial charge on any atom is -0.426 e. The second kappa shape index (κ2) is 6.12. The normalized spacial score (nSPS) is 17.0. The number of para-hydroxylation sites is 1. The van der Waals surface area contributed by atoms with Crippen LogP contribution in [0.2, 0.25) is 0 Å². The van der Waals surface area contributed by atoms with E-state index in [1.54, 1.807) is 0 Å². The minimum absolute atomic E-state index is 0.248. The van der Waals surface area contributed by atoms with E-state index in [0.29, 0.717) is 17.8 Å². The molecule has 8 heteroatoms. The highest BCUT2D eigenvalue weighted by Gasteiger charge is 2.29. The fourth-order valence-electron chi connectivity index (χ4n) is 2.20. The van der Waals surface area contributed by atoms with E-state index >= 15 is 0 Å². The van der Waals surface area contributed by atoms with Crippen LogP contribution in [0.1, 0.15) is 12.1 Å². The van der Waals surface area contributed by atoms with E-state index in [2.05, 4.69) is 15.5 Å². The van der Waals surface area contributed by atoms with Gasteiger partial charge in [-0.15, -0.1) is 0 Å². The van der Waals surface area contributed by atoms with Gasteiger partial charge < -0.3 is 20.2 Å². The molecule has 1 aliphatic heterocycles. The van der Waals surface area contributed by atoms with E-state index in [1.807, 2.05) is 36.4 Å². The Hall–Kier alpha value is -2.45. The average molecular weight is 299 g/mol. The lowest BCUT2D eigenvalue weighted by atomic mass is 9.92. The highest BCUT2D eigenvalue weighted by atomic mass is 16.6. The topological polar surface area (TPSA) is 104 Å². The number of benzene rings is 1. The summed E-state index contributed by atoms with van der Waals surface area (Å²) in [6.45, 7) is 0. The van der Waals surface area contributed by atoms with Crippen LogP contribution in [0.4, 0.5) is 0 Å². The van der Waals surface area contributed by atoms with Crippen LogP contribution in [0.15, 0.2) is 41.6 Å². The molecular weight excluding hydrogens is 285 g/mol. The summed E-state index contributed by atoms with van der Waals surface area (Å²) in [5, 5.41) is 24.8. The van der Waals surface area contributed by atoms with Crippen molar-refractivity contribution < 1.29 is 19.7 Å². The first kappa shape index (κ1) is 14.5. The summed E-state index contributed by atoms with van der Waals surface area (Å²) in [6.07, 6.45) is -0.733. The van der Waals surface area contributed by atoms with Crippen molar-refractivity contribution in [1.29, 1.82) is 0 Å². The van der Waals surface area contributed by atoms with Crippen LogP contribution in [-0.4, -0.2) is 46.3 Å². The average Bonchev–Trinajstić information content (AvgIpc) is 3.02. The van der Waals surface area contributed by atoms with Crippen LogP contribution in [0.25, 0.3) is 10.9 Å². The minimum atomic E-state index is -1.59. The van der Waals surface area contributed by atoms with Crippen LogP contribution < -0.4 is 5.32 Å². The van der Waals surface area contributed by atoms with Gasteiger partial charge >= 0.3 is 7.12 Å². The van der Waals surface area contributed by atoms with E-state index < -0.39 is 19.1 Å². The lowest BCUT2D eigenvalue weighted by Crippen LogP contribution is -2.41. The molecule has 0 fully saturated rings. The van der Waals surface area contributed by atoms with Crippen molar-refractivity contribution in [3.63, 3.8) is 0 Å². The zero-order valence-electron chi connectivity index (χ0n) is 11.6. The van der Waals surface area contributed by atoms with E-state index in [1.165, 1.54) is 0 Å². The smallest absolute Gasteiger partial charge is 0.426 e. The summed E-state index contributed by atoms with van der Waals surface area (Å²) in [5.41, 5.74) is 2.10. The number of carbonyl (C=O) groups is 1. The third-order valence-corrected chi connectivity index (χ3v) is 3.31. The maximum absolute atomic E-state index is 11.8. The number of amides is 1. The Morgan fingerprint density at radius 3 is 2.95 bits per heavy atom. The summed E-state index contributed by atoms with van der Waals surface area (Å²) in [5.74, 6) is -0.437. The lowest BCUT2D eigenvalue weighted by Gasteiger charge is -2.08. The van der Waals surface area contributed by atoms with Gasteiger partial charge in [-0.2, -0.15) is 0 Å². The standard InChI is InChI=1S/C14H14BN3O4/c19-14(16-8-15(20)21)13-7-12(18-22-13)11-6-5-9-3-1-2-4-10(9)17-11/h1-6,13,20-21H,7-8H2,(H,16,19). The molecule has 0 aliphatic carbocycles. The van der Waals surface area contributed by atoms with Crippen LogP contribution in [0.5, 0.6) is 0 Å². The summed E-state index contributed by atoms with van der Waals surface area (Å²) >= 11 is 0. The van der Waals surface area contributed by atoms with Crippen molar-refractivity contribution >= 4 is 29.6 Å². The molecule has 22 heavy (non-hydrogen) atoms. The highest BCUT2D eigenvalue weighted by Crippen LogP contribution is 2.18. The van der Waals surface area contributed by atoms with Gasteiger partial charge in [-0.1, -0.05) is 29.4 Å². The van der Waals surface area contributed by atoms with Crippen molar-refractivity contribution in [2.75, 3.05) is 6.44 Å². The third-order valence-electron chi connectivity index (χ3n) is 3.31. The molecule has 112 valence electrons. The van der Waals surface area contributed by atoms with Crippen molar-refractivity contribution in [2.45, 2.75) is 12.5 Å². The van der Waals surface area contributed by atoms with Crippen molar-refractivity contribution in [1.82, 2.24) is 10.3 Å². The van der Waals surface area contributed by atoms with Crippen LogP contribution in [0, 0.1) is 0 Å². The molecule has 0 spiro atoms. The quantitative estimate of drug-likeness (QED) is 0.681. The summed E-state index contributed by atoms with van der Waals surface area (Å²) in [6, 6.07) is 11.5. The first-order valence-electron chi connectivity index (χ1n) is 6.86. The summed E-state index contributed by atoms with van der Waals surface area (Å²) in [4.78, 5) is 21.4. The molecule has 1 aromatic carbocycles.